The second-order valence-corrected chi connectivity index (χ2v) is 7.73. The summed E-state index contributed by atoms with van der Waals surface area (Å²) in [7, 11) is 0. The predicted octanol–water partition coefficient (Wildman–Crippen LogP) is 3.38. The van der Waals surface area contributed by atoms with E-state index in [0.29, 0.717) is 0 Å². The lowest BCUT2D eigenvalue weighted by Crippen LogP contribution is -2.38. The molecule has 19 heavy (non-hydrogen) atoms. The van der Waals surface area contributed by atoms with Crippen molar-refractivity contribution in [1.29, 1.82) is 0 Å². The van der Waals surface area contributed by atoms with Gasteiger partial charge in [-0.25, -0.2) is 0 Å². The lowest BCUT2D eigenvalue weighted by atomic mass is 9.90. The Morgan fingerprint density at radius 3 is 2.63 bits per heavy atom. The molecule has 2 fully saturated rings. The zero-order valence-electron chi connectivity index (χ0n) is 12.2. The third-order valence-electron chi connectivity index (χ3n) is 4.82. The van der Waals surface area contributed by atoms with Crippen LogP contribution in [0.1, 0.15) is 47.4 Å². The topological polar surface area (TPSA) is 24.1 Å². The van der Waals surface area contributed by atoms with Gasteiger partial charge in [0.25, 0.3) is 0 Å². The lowest BCUT2D eigenvalue weighted by molar-refractivity contribution is 0.283. The Bertz CT molecular complexity index is 395. The average molecular weight is 278 g/mol. The van der Waals surface area contributed by atoms with Crippen molar-refractivity contribution in [3.8, 4) is 0 Å². The van der Waals surface area contributed by atoms with Crippen LogP contribution >= 0.6 is 11.3 Å². The maximum atomic E-state index is 3.73. The fourth-order valence-electron chi connectivity index (χ4n) is 3.67. The van der Waals surface area contributed by atoms with Crippen LogP contribution in [0.5, 0.6) is 0 Å². The van der Waals surface area contributed by atoms with Crippen LogP contribution in [-0.4, -0.2) is 18.6 Å². The van der Waals surface area contributed by atoms with Crippen LogP contribution < -0.4 is 10.6 Å². The summed E-state index contributed by atoms with van der Waals surface area (Å²) < 4.78 is 0. The molecular formula is C16H26N2S. The molecule has 0 spiro atoms. The highest BCUT2D eigenvalue weighted by atomic mass is 32.1. The van der Waals surface area contributed by atoms with Gasteiger partial charge in [0.15, 0.2) is 0 Å². The van der Waals surface area contributed by atoms with Gasteiger partial charge in [-0.3, -0.25) is 0 Å². The van der Waals surface area contributed by atoms with E-state index in [4.69, 9.17) is 0 Å². The van der Waals surface area contributed by atoms with E-state index < -0.39 is 0 Å². The van der Waals surface area contributed by atoms with Crippen molar-refractivity contribution in [3.05, 3.63) is 21.4 Å². The van der Waals surface area contributed by atoms with E-state index in [1.54, 1.807) is 0 Å². The molecule has 2 atom stereocenters. The second kappa shape index (κ2) is 5.94. The molecule has 1 aromatic heterocycles. The van der Waals surface area contributed by atoms with E-state index >= 15 is 0 Å². The monoisotopic (exact) mass is 278 g/mol. The first-order valence-corrected chi connectivity index (χ1v) is 8.55. The first-order chi connectivity index (χ1) is 9.20. The van der Waals surface area contributed by atoms with Gasteiger partial charge in [-0.15, -0.1) is 11.3 Å². The van der Waals surface area contributed by atoms with E-state index in [9.17, 15) is 0 Å². The zero-order valence-corrected chi connectivity index (χ0v) is 13.0. The summed E-state index contributed by atoms with van der Waals surface area (Å²) >= 11 is 1.94. The van der Waals surface area contributed by atoms with Crippen LogP contribution in [0.4, 0.5) is 0 Å². The third kappa shape index (κ3) is 3.39. The molecular weight excluding hydrogens is 252 g/mol. The Labute approximate surface area is 121 Å². The second-order valence-electron chi connectivity index (χ2n) is 6.39. The van der Waals surface area contributed by atoms with Gasteiger partial charge in [0, 0.05) is 28.4 Å². The normalized spacial score (nSPS) is 29.9. The molecule has 0 radical (unpaired) electrons. The summed E-state index contributed by atoms with van der Waals surface area (Å²) in [4.78, 5) is 2.95. The standard InChI is InChI=1S/C16H26N2S/c1-11-7-16(19-12(11)2)10-17-6-5-13-8-14-3-4-15(9-13)18-14/h7,13-15,17-18H,3-6,8-10H2,1-2H3. The number of piperidine rings is 1. The van der Waals surface area contributed by atoms with Crippen molar-refractivity contribution in [3.63, 3.8) is 0 Å². The average Bonchev–Trinajstić information content (AvgIpc) is 2.89. The molecule has 2 nitrogen and oxygen atoms in total. The number of rotatable bonds is 5. The minimum Gasteiger partial charge on any atom is -0.312 e. The molecule has 0 aliphatic carbocycles. The van der Waals surface area contributed by atoms with E-state index in [0.717, 1.165) is 24.5 Å². The smallest absolute Gasteiger partial charge is 0.0299 e. The molecule has 2 aliphatic heterocycles. The number of aryl methyl sites for hydroxylation is 2. The quantitative estimate of drug-likeness (QED) is 0.807. The summed E-state index contributed by atoms with van der Waals surface area (Å²) in [5, 5.41) is 7.36. The Hall–Kier alpha value is -0.380. The molecule has 3 heterocycles. The summed E-state index contributed by atoms with van der Waals surface area (Å²) in [6.07, 6.45) is 7.02. The van der Waals surface area contributed by atoms with Crippen LogP contribution in [0, 0.1) is 19.8 Å². The predicted molar refractivity (Wildman–Crippen MR) is 82.8 cm³/mol. The molecule has 2 saturated heterocycles. The van der Waals surface area contributed by atoms with E-state index in [2.05, 4.69) is 30.5 Å². The fourth-order valence-corrected chi connectivity index (χ4v) is 4.69. The highest BCUT2D eigenvalue weighted by molar-refractivity contribution is 7.12. The highest BCUT2D eigenvalue weighted by Crippen LogP contribution is 2.32. The Kier molecular flexibility index (Phi) is 4.25. The first kappa shape index (κ1) is 13.6. The van der Waals surface area contributed by atoms with E-state index in [1.807, 2.05) is 11.3 Å². The van der Waals surface area contributed by atoms with Gasteiger partial charge in [0.2, 0.25) is 0 Å². The number of nitrogens with one attached hydrogen (secondary N) is 2. The van der Waals surface area contributed by atoms with Gasteiger partial charge in [-0.05, 0) is 70.0 Å². The number of hydrogen-bond acceptors (Lipinski definition) is 3. The van der Waals surface area contributed by atoms with Crippen LogP contribution in [0.15, 0.2) is 6.07 Å². The minimum absolute atomic E-state index is 0.839. The highest BCUT2D eigenvalue weighted by Gasteiger charge is 2.32. The Balaban J connectivity index is 1.37. The van der Waals surface area contributed by atoms with Crippen LogP contribution in [-0.2, 0) is 6.54 Å². The van der Waals surface area contributed by atoms with Crippen molar-refractivity contribution in [2.75, 3.05) is 6.54 Å². The minimum atomic E-state index is 0.839. The first-order valence-electron chi connectivity index (χ1n) is 7.73. The number of thiophene rings is 1. The van der Waals surface area contributed by atoms with Gasteiger partial charge in [0.1, 0.15) is 0 Å². The van der Waals surface area contributed by atoms with Crippen molar-refractivity contribution in [1.82, 2.24) is 10.6 Å². The van der Waals surface area contributed by atoms with Gasteiger partial charge in [-0.1, -0.05) is 0 Å². The molecule has 0 aromatic carbocycles. The fraction of sp³-hybridized carbons (Fsp3) is 0.750. The Morgan fingerprint density at radius 1 is 1.26 bits per heavy atom. The maximum Gasteiger partial charge on any atom is 0.0299 e. The maximum absolute atomic E-state index is 3.73. The summed E-state index contributed by atoms with van der Waals surface area (Å²) in [6, 6.07) is 4.01. The van der Waals surface area contributed by atoms with Crippen molar-refractivity contribution in [2.24, 2.45) is 5.92 Å². The van der Waals surface area contributed by atoms with Crippen molar-refractivity contribution in [2.45, 2.75) is 64.6 Å². The van der Waals surface area contributed by atoms with Crippen LogP contribution in [0.25, 0.3) is 0 Å². The van der Waals surface area contributed by atoms with E-state index in [-0.39, 0.29) is 0 Å². The van der Waals surface area contributed by atoms with Crippen LogP contribution in [0.3, 0.4) is 0 Å². The molecule has 106 valence electrons. The Morgan fingerprint density at radius 2 is 2.00 bits per heavy atom. The van der Waals surface area contributed by atoms with Gasteiger partial charge in [-0.2, -0.15) is 0 Å². The lowest BCUT2D eigenvalue weighted by Gasteiger charge is -2.29. The number of hydrogen-bond donors (Lipinski definition) is 2. The van der Waals surface area contributed by atoms with Crippen LogP contribution in [0.2, 0.25) is 0 Å². The molecule has 0 saturated carbocycles. The SMILES string of the molecule is Cc1cc(CNCCC2CC3CCC(C2)N3)sc1C. The molecule has 2 unspecified atom stereocenters. The summed E-state index contributed by atoms with van der Waals surface area (Å²) in [5.41, 5.74) is 1.44. The van der Waals surface area contributed by atoms with Gasteiger partial charge >= 0.3 is 0 Å². The van der Waals surface area contributed by atoms with E-state index in [1.165, 1.54) is 54.0 Å². The molecule has 1 aromatic rings. The zero-order chi connectivity index (χ0) is 13.2. The van der Waals surface area contributed by atoms with Crippen molar-refractivity contribution < 1.29 is 0 Å². The number of fused-ring (bicyclic) bond motifs is 2. The van der Waals surface area contributed by atoms with Crippen molar-refractivity contribution >= 4 is 11.3 Å². The largest absolute Gasteiger partial charge is 0.312 e. The van der Waals surface area contributed by atoms with Gasteiger partial charge in [0.05, 0.1) is 0 Å². The summed E-state index contributed by atoms with van der Waals surface area (Å²) in [5.74, 6) is 0.957. The molecule has 3 rings (SSSR count). The molecule has 2 aliphatic rings. The molecule has 3 heteroatoms. The molecule has 0 amide bonds. The molecule has 2 bridgehead atoms. The molecule has 2 N–H and O–H groups in total. The van der Waals surface area contributed by atoms with Gasteiger partial charge < -0.3 is 10.6 Å². The third-order valence-corrected chi connectivity index (χ3v) is 5.97. The summed E-state index contributed by atoms with van der Waals surface area (Å²) in [6.45, 7) is 6.66.